The highest BCUT2D eigenvalue weighted by molar-refractivity contribution is 5.91. The van der Waals surface area contributed by atoms with Gasteiger partial charge >= 0.3 is 0 Å². The van der Waals surface area contributed by atoms with E-state index in [0.717, 1.165) is 16.7 Å². The van der Waals surface area contributed by atoms with Crippen LogP contribution < -0.4 is 5.32 Å². The number of hydrogen-bond donors (Lipinski definition) is 1. The van der Waals surface area contributed by atoms with Gasteiger partial charge in [-0.15, -0.1) is 0 Å². The molecule has 0 aliphatic heterocycles. The van der Waals surface area contributed by atoms with Crippen molar-refractivity contribution in [2.45, 2.75) is 26.2 Å². The fraction of sp³-hybridized carbons (Fsp3) is 0.160. The van der Waals surface area contributed by atoms with E-state index in [4.69, 9.17) is 4.42 Å². The second-order valence-corrected chi connectivity index (χ2v) is 7.57. The van der Waals surface area contributed by atoms with Crippen molar-refractivity contribution in [2.75, 3.05) is 0 Å². The number of nitrogens with one attached hydrogen (secondary N) is 1. The summed E-state index contributed by atoms with van der Waals surface area (Å²) in [5.41, 5.74) is 2.86. The molecule has 168 valence electrons. The molecule has 2 aromatic heterocycles. The minimum atomic E-state index is -0.350. The number of aromatic nitrogens is 2. The van der Waals surface area contributed by atoms with Crippen LogP contribution >= 0.6 is 0 Å². The van der Waals surface area contributed by atoms with Gasteiger partial charge in [-0.3, -0.25) is 14.7 Å². The highest BCUT2D eigenvalue weighted by Gasteiger charge is 2.16. The van der Waals surface area contributed by atoms with Gasteiger partial charge < -0.3 is 9.73 Å². The number of amides is 1. The van der Waals surface area contributed by atoms with Gasteiger partial charge in [0, 0.05) is 32.0 Å². The van der Waals surface area contributed by atoms with Crippen LogP contribution in [-0.2, 0) is 26.2 Å². The van der Waals surface area contributed by atoms with Crippen LogP contribution in [0.3, 0.4) is 0 Å². The standard InChI is InChI=1S/C25H22F2N4O2/c26-21-7-3-18(4-8-21)14-31(15-19-5-9-22(27)10-6-19)16-24-30-23(17-33-24)25(32)29-13-20-2-1-11-28-12-20/h1-12,17H,13-16H2,(H,29,32). The zero-order valence-corrected chi connectivity index (χ0v) is 17.7. The van der Waals surface area contributed by atoms with Gasteiger partial charge in [-0.1, -0.05) is 30.3 Å². The van der Waals surface area contributed by atoms with Crippen molar-refractivity contribution < 1.29 is 18.0 Å². The fourth-order valence-electron chi connectivity index (χ4n) is 3.32. The molecule has 2 heterocycles. The summed E-state index contributed by atoms with van der Waals surface area (Å²) in [6.45, 7) is 1.62. The maximum atomic E-state index is 13.3. The summed E-state index contributed by atoms with van der Waals surface area (Å²) >= 11 is 0. The third-order valence-corrected chi connectivity index (χ3v) is 4.96. The van der Waals surface area contributed by atoms with Gasteiger partial charge in [-0.25, -0.2) is 13.8 Å². The lowest BCUT2D eigenvalue weighted by atomic mass is 10.1. The molecule has 33 heavy (non-hydrogen) atoms. The molecule has 4 aromatic rings. The Balaban J connectivity index is 1.43. The van der Waals surface area contributed by atoms with Gasteiger partial charge in [0.05, 0.1) is 6.54 Å². The molecule has 0 bridgehead atoms. The Labute approximate surface area is 189 Å². The predicted octanol–water partition coefficient (Wildman–Crippen LogP) is 4.48. The van der Waals surface area contributed by atoms with Crippen LogP contribution in [-0.4, -0.2) is 20.8 Å². The van der Waals surface area contributed by atoms with Crippen molar-refractivity contribution in [1.29, 1.82) is 0 Å². The lowest BCUT2D eigenvalue weighted by Crippen LogP contribution is -2.24. The number of carbonyl (C=O) groups is 1. The topological polar surface area (TPSA) is 71.3 Å². The van der Waals surface area contributed by atoms with Crippen molar-refractivity contribution >= 4 is 5.91 Å². The lowest BCUT2D eigenvalue weighted by Gasteiger charge is -2.21. The van der Waals surface area contributed by atoms with E-state index in [0.29, 0.717) is 32.1 Å². The third-order valence-electron chi connectivity index (χ3n) is 4.96. The van der Waals surface area contributed by atoms with Crippen molar-refractivity contribution in [3.05, 3.63) is 119 Å². The Hall–Kier alpha value is -3.91. The van der Waals surface area contributed by atoms with Gasteiger partial charge in [0.25, 0.3) is 5.91 Å². The predicted molar refractivity (Wildman–Crippen MR) is 118 cm³/mol. The van der Waals surface area contributed by atoms with Crippen molar-refractivity contribution in [2.24, 2.45) is 0 Å². The van der Waals surface area contributed by atoms with E-state index in [9.17, 15) is 13.6 Å². The van der Waals surface area contributed by atoms with Crippen LogP contribution in [0, 0.1) is 11.6 Å². The second kappa shape index (κ2) is 10.6. The molecule has 0 radical (unpaired) electrons. The third kappa shape index (κ3) is 6.54. The summed E-state index contributed by atoms with van der Waals surface area (Å²) in [5, 5.41) is 2.79. The number of oxazole rings is 1. The monoisotopic (exact) mass is 448 g/mol. The number of pyridine rings is 1. The summed E-state index contributed by atoms with van der Waals surface area (Å²) in [6, 6.07) is 16.1. The quantitative estimate of drug-likeness (QED) is 0.409. The van der Waals surface area contributed by atoms with Crippen LogP contribution in [0.4, 0.5) is 8.78 Å². The van der Waals surface area contributed by atoms with Crippen molar-refractivity contribution in [3.8, 4) is 0 Å². The maximum absolute atomic E-state index is 13.3. The van der Waals surface area contributed by atoms with E-state index in [2.05, 4.69) is 15.3 Å². The Morgan fingerprint density at radius 2 is 1.52 bits per heavy atom. The largest absolute Gasteiger partial charge is 0.447 e. The zero-order valence-electron chi connectivity index (χ0n) is 17.7. The molecular weight excluding hydrogens is 426 g/mol. The average molecular weight is 448 g/mol. The Bertz CT molecular complexity index is 1130. The Morgan fingerprint density at radius 1 is 0.879 bits per heavy atom. The molecule has 0 atom stereocenters. The lowest BCUT2D eigenvalue weighted by molar-refractivity contribution is 0.0945. The molecule has 1 N–H and O–H groups in total. The highest BCUT2D eigenvalue weighted by Crippen LogP contribution is 2.15. The number of benzene rings is 2. The molecule has 0 saturated heterocycles. The number of hydrogen-bond acceptors (Lipinski definition) is 5. The first-order chi connectivity index (χ1) is 16.0. The van der Waals surface area contributed by atoms with E-state index in [1.807, 2.05) is 11.0 Å². The summed E-state index contributed by atoms with van der Waals surface area (Å²) in [4.78, 5) is 22.8. The summed E-state index contributed by atoms with van der Waals surface area (Å²) in [7, 11) is 0. The first-order valence-corrected chi connectivity index (χ1v) is 10.4. The van der Waals surface area contributed by atoms with Gasteiger partial charge in [-0.05, 0) is 47.0 Å². The minimum absolute atomic E-state index is 0.178. The maximum Gasteiger partial charge on any atom is 0.273 e. The van der Waals surface area contributed by atoms with Gasteiger partial charge in [0.15, 0.2) is 5.69 Å². The van der Waals surface area contributed by atoms with Crippen molar-refractivity contribution in [1.82, 2.24) is 20.2 Å². The summed E-state index contributed by atoms with van der Waals surface area (Å²) in [5.74, 6) is -0.597. The van der Waals surface area contributed by atoms with Crippen LogP contribution in [0.1, 0.15) is 33.1 Å². The molecule has 0 saturated carbocycles. The molecular formula is C25H22F2N4O2. The molecule has 0 unspecified atom stereocenters. The minimum Gasteiger partial charge on any atom is -0.447 e. The molecule has 2 aromatic carbocycles. The number of nitrogens with zero attached hydrogens (tertiary/aromatic N) is 3. The van der Waals surface area contributed by atoms with E-state index in [-0.39, 0.29) is 23.2 Å². The van der Waals surface area contributed by atoms with E-state index in [1.54, 1.807) is 42.7 Å². The molecule has 0 fully saturated rings. The Kier molecular flexibility index (Phi) is 7.16. The fourth-order valence-corrected chi connectivity index (χ4v) is 3.32. The smallest absolute Gasteiger partial charge is 0.273 e. The zero-order chi connectivity index (χ0) is 23.0. The summed E-state index contributed by atoms with van der Waals surface area (Å²) in [6.07, 6.45) is 4.66. The van der Waals surface area contributed by atoms with Crippen LogP contribution in [0.5, 0.6) is 0 Å². The van der Waals surface area contributed by atoms with Crippen LogP contribution in [0.2, 0.25) is 0 Å². The van der Waals surface area contributed by atoms with Gasteiger partial charge in [0.1, 0.15) is 17.9 Å². The molecule has 0 aliphatic rings. The highest BCUT2D eigenvalue weighted by atomic mass is 19.1. The second-order valence-electron chi connectivity index (χ2n) is 7.57. The Morgan fingerprint density at radius 3 is 2.09 bits per heavy atom. The van der Waals surface area contributed by atoms with Crippen LogP contribution in [0.25, 0.3) is 0 Å². The molecule has 0 spiro atoms. The number of rotatable bonds is 9. The number of carbonyl (C=O) groups excluding carboxylic acids is 1. The average Bonchev–Trinajstić information content (AvgIpc) is 3.30. The van der Waals surface area contributed by atoms with E-state index < -0.39 is 0 Å². The van der Waals surface area contributed by atoms with E-state index in [1.165, 1.54) is 30.5 Å². The van der Waals surface area contributed by atoms with E-state index >= 15 is 0 Å². The first kappa shape index (κ1) is 22.3. The summed E-state index contributed by atoms with van der Waals surface area (Å²) < 4.78 is 32.1. The van der Waals surface area contributed by atoms with Gasteiger partial charge in [-0.2, -0.15) is 0 Å². The SMILES string of the molecule is O=C(NCc1cccnc1)c1coc(CN(Cc2ccc(F)cc2)Cc2ccc(F)cc2)n1. The molecule has 8 heteroatoms. The van der Waals surface area contributed by atoms with Gasteiger partial charge in [0.2, 0.25) is 5.89 Å². The molecule has 0 aliphatic carbocycles. The first-order valence-electron chi connectivity index (χ1n) is 10.4. The number of halogens is 2. The van der Waals surface area contributed by atoms with Crippen LogP contribution in [0.15, 0.2) is 83.7 Å². The molecule has 4 rings (SSSR count). The van der Waals surface area contributed by atoms with Crippen molar-refractivity contribution in [3.63, 3.8) is 0 Å². The normalized spacial score (nSPS) is 11.0. The molecule has 1 amide bonds. The molecule has 6 nitrogen and oxygen atoms in total.